The van der Waals surface area contributed by atoms with E-state index in [9.17, 15) is 0 Å². The average molecular weight is 333 g/mol. The Hall–Kier alpha value is -1.85. The lowest BCUT2D eigenvalue weighted by atomic mass is 10.1. The molecule has 1 N–H and O–H groups in total. The maximum absolute atomic E-state index is 6.01. The van der Waals surface area contributed by atoms with E-state index < -0.39 is 0 Å². The Labute approximate surface area is 141 Å². The smallest absolute Gasteiger partial charge is 0.134 e. The zero-order chi connectivity index (χ0) is 16.1. The number of hydrogen-bond acceptors (Lipinski definition) is 5. The molecule has 1 aromatic carbocycles. The van der Waals surface area contributed by atoms with Crippen molar-refractivity contribution in [1.29, 1.82) is 0 Å². The van der Waals surface area contributed by atoms with Crippen LogP contribution in [-0.2, 0) is 11.2 Å². The van der Waals surface area contributed by atoms with Gasteiger partial charge in [-0.1, -0.05) is 23.7 Å². The van der Waals surface area contributed by atoms with Gasteiger partial charge in [-0.15, -0.1) is 0 Å². The minimum Gasteiger partial charge on any atom is -0.378 e. The number of aryl methyl sites for hydroxylation is 1. The second-order valence-electron chi connectivity index (χ2n) is 5.56. The van der Waals surface area contributed by atoms with Crippen LogP contribution in [0.1, 0.15) is 11.4 Å². The third-order valence-electron chi connectivity index (χ3n) is 3.77. The molecule has 0 atom stereocenters. The van der Waals surface area contributed by atoms with E-state index in [-0.39, 0.29) is 0 Å². The molecule has 5 nitrogen and oxygen atoms in total. The zero-order valence-corrected chi connectivity index (χ0v) is 14.0. The molecule has 6 heteroatoms. The van der Waals surface area contributed by atoms with Crippen LogP contribution in [0.5, 0.6) is 0 Å². The van der Waals surface area contributed by atoms with Gasteiger partial charge in [-0.25, -0.2) is 9.97 Å². The summed E-state index contributed by atoms with van der Waals surface area (Å²) >= 11 is 6.01. The highest BCUT2D eigenvalue weighted by molar-refractivity contribution is 6.30. The first-order valence-corrected chi connectivity index (χ1v) is 8.25. The molecule has 0 amide bonds. The van der Waals surface area contributed by atoms with E-state index in [1.54, 1.807) is 0 Å². The van der Waals surface area contributed by atoms with Crippen LogP contribution in [0.2, 0.25) is 5.02 Å². The number of ether oxygens (including phenoxy) is 1. The van der Waals surface area contributed by atoms with E-state index in [0.29, 0.717) is 0 Å². The molecule has 1 fully saturated rings. The van der Waals surface area contributed by atoms with Gasteiger partial charge < -0.3 is 15.0 Å². The highest BCUT2D eigenvalue weighted by Gasteiger charge is 2.14. The Morgan fingerprint density at radius 1 is 1.22 bits per heavy atom. The molecule has 2 heterocycles. The van der Waals surface area contributed by atoms with Gasteiger partial charge in [0.2, 0.25) is 0 Å². The predicted octanol–water partition coefficient (Wildman–Crippen LogP) is 2.93. The number of aromatic nitrogens is 2. The van der Waals surface area contributed by atoms with Gasteiger partial charge in [0.05, 0.1) is 13.2 Å². The van der Waals surface area contributed by atoms with Crippen molar-refractivity contribution in [2.45, 2.75) is 13.3 Å². The van der Waals surface area contributed by atoms with E-state index in [0.717, 1.165) is 61.8 Å². The predicted molar refractivity (Wildman–Crippen MR) is 93.4 cm³/mol. The fraction of sp³-hybridized carbons (Fsp3) is 0.412. The summed E-state index contributed by atoms with van der Waals surface area (Å²) in [5, 5.41) is 4.15. The fourth-order valence-corrected chi connectivity index (χ4v) is 2.84. The first kappa shape index (κ1) is 16.0. The Kier molecular flexibility index (Phi) is 5.31. The Morgan fingerprint density at radius 3 is 2.83 bits per heavy atom. The van der Waals surface area contributed by atoms with E-state index >= 15 is 0 Å². The summed E-state index contributed by atoms with van der Waals surface area (Å²) in [6.07, 6.45) is 0.899. The number of hydrogen-bond donors (Lipinski definition) is 1. The van der Waals surface area contributed by atoms with E-state index in [1.165, 1.54) is 5.56 Å². The Bertz CT molecular complexity index is 659. The molecule has 122 valence electrons. The molecular weight excluding hydrogens is 312 g/mol. The van der Waals surface area contributed by atoms with Gasteiger partial charge in [0.25, 0.3) is 0 Å². The molecule has 1 aliphatic heterocycles. The molecule has 0 unspecified atom stereocenters. The summed E-state index contributed by atoms with van der Waals surface area (Å²) in [6, 6.07) is 9.95. The van der Waals surface area contributed by atoms with Crippen molar-refractivity contribution in [1.82, 2.24) is 9.97 Å². The largest absolute Gasteiger partial charge is 0.378 e. The van der Waals surface area contributed by atoms with Crippen LogP contribution >= 0.6 is 11.6 Å². The lowest BCUT2D eigenvalue weighted by molar-refractivity contribution is 0.122. The SMILES string of the molecule is Cc1nc(NCCc2cccc(Cl)c2)cc(N2CCOCC2)n1. The van der Waals surface area contributed by atoms with Crippen molar-refractivity contribution in [3.8, 4) is 0 Å². The molecule has 1 aliphatic rings. The van der Waals surface area contributed by atoms with Crippen molar-refractivity contribution in [2.75, 3.05) is 43.1 Å². The van der Waals surface area contributed by atoms with Crippen LogP contribution in [0.3, 0.4) is 0 Å². The third kappa shape index (κ3) is 4.56. The maximum atomic E-state index is 6.01. The highest BCUT2D eigenvalue weighted by Crippen LogP contribution is 2.17. The summed E-state index contributed by atoms with van der Waals surface area (Å²) in [7, 11) is 0. The van der Waals surface area contributed by atoms with Gasteiger partial charge in [-0.05, 0) is 31.0 Å². The lowest BCUT2D eigenvalue weighted by Gasteiger charge is -2.28. The fourth-order valence-electron chi connectivity index (χ4n) is 2.62. The minimum absolute atomic E-state index is 0.751. The van der Waals surface area contributed by atoms with Crippen molar-refractivity contribution in [2.24, 2.45) is 0 Å². The summed E-state index contributed by atoms with van der Waals surface area (Å²) in [6.45, 7) is 5.98. The molecule has 0 spiro atoms. The number of benzene rings is 1. The summed E-state index contributed by atoms with van der Waals surface area (Å²) < 4.78 is 5.39. The maximum Gasteiger partial charge on any atom is 0.134 e. The standard InChI is InChI=1S/C17H21ClN4O/c1-13-20-16(12-17(21-13)22-7-9-23-10-8-22)19-6-5-14-3-2-4-15(18)11-14/h2-4,11-12H,5-10H2,1H3,(H,19,20,21). The van der Waals surface area contributed by atoms with E-state index in [1.807, 2.05) is 31.2 Å². The molecule has 0 radical (unpaired) electrons. The molecule has 23 heavy (non-hydrogen) atoms. The molecule has 0 bridgehead atoms. The van der Waals surface area contributed by atoms with Crippen molar-refractivity contribution in [3.05, 3.63) is 46.7 Å². The number of rotatable bonds is 5. The lowest BCUT2D eigenvalue weighted by Crippen LogP contribution is -2.37. The van der Waals surface area contributed by atoms with Gasteiger partial charge in [-0.2, -0.15) is 0 Å². The summed E-state index contributed by atoms with van der Waals surface area (Å²) in [5.41, 5.74) is 1.21. The van der Waals surface area contributed by atoms with Crippen LogP contribution < -0.4 is 10.2 Å². The number of anilines is 2. The van der Waals surface area contributed by atoms with Crippen molar-refractivity contribution in [3.63, 3.8) is 0 Å². The number of halogens is 1. The Balaban J connectivity index is 1.62. The van der Waals surface area contributed by atoms with Crippen LogP contribution in [0.15, 0.2) is 30.3 Å². The number of nitrogens with zero attached hydrogens (tertiary/aromatic N) is 3. The second kappa shape index (κ2) is 7.62. The summed E-state index contributed by atoms with van der Waals surface area (Å²) in [5.74, 6) is 2.60. The minimum atomic E-state index is 0.751. The Morgan fingerprint density at radius 2 is 2.04 bits per heavy atom. The highest BCUT2D eigenvalue weighted by atomic mass is 35.5. The molecule has 2 aromatic rings. The molecule has 1 aromatic heterocycles. The van der Waals surface area contributed by atoms with Gasteiger partial charge >= 0.3 is 0 Å². The third-order valence-corrected chi connectivity index (χ3v) is 4.00. The van der Waals surface area contributed by atoms with Crippen LogP contribution in [0.4, 0.5) is 11.6 Å². The normalized spacial score (nSPS) is 14.8. The quantitative estimate of drug-likeness (QED) is 0.912. The first-order chi connectivity index (χ1) is 11.2. The monoisotopic (exact) mass is 332 g/mol. The van der Waals surface area contributed by atoms with E-state index in [4.69, 9.17) is 16.3 Å². The van der Waals surface area contributed by atoms with Crippen LogP contribution in [0, 0.1) is 6.92 Å². The van der Waals surface area contributed by atoms with Crippen LogP contribution in [-0.4, -0.2) is 42.8 Å². The summed E-state index contributed by atoms with van der Waals surface area (Å²) in [4.78, 5) is 11.2. The first-order valence-electron chi connectivity index (χ1n) is 7.87. The number of nitrogens with one attached hydrogen (secondary N) is 1. The molecule has 3 rings (SSSR count). The molecular formula is C17H21ClN4O. The van der Waals surface area contributed by atoms with Gasteiger partial charge in [0.15, 0.2) is 0 Å². The second-order valence-corrected chi connectivity index (χ2v) is 6.00. The van der Waals surface area contributed by atoms with Crippen LogP contribution in [0.25, 0.3) is 0 Å². The van der Waals surface area contributed by atoms with Crippen molar-refractivity contribution < 1.29 is 4.74 Å². The molecule has 0 aliphatic carbocycles. The van der Waals surface area contributed by atoms with E-state index in [2.05, 4.69) is 26.3 Å². The van der Waals surface area contributed by atoms with Gasteiger partial charge in [0, 0.05) is 30.7 Å². The zero-order valence-electron chi connectivity index (χ0n) is 13.3. The van der Waals surface area contributed by atoms with Gasteiger partial charge in [-0.3, -0.25) is 0 Å². The number of morpholine rings is 1. The van der Waals surface area contributed by atoms with Crippen molar-refractivity contribution >= 4 is 23.2 Å². The van der Waals surface area contributed by atoms with Gasteiger partial charge in [0.1, 0.15) is 17.5 Å². The molecule has 1 saturated heterocycles. The topological polar surface area (TPSA) is 50.3 Å². The average Bonchev–Trinajstić information content (AvgIpc) is 2.55. The molecule has 0 saturated carbocycles.